The molecule has 180 valence electrons. The van der Waals surface area contributed by atoms with Crippen LogP contribution in [0.5, 0.6) is 0 Å². The maximum absolute atomic E-state index is 13.1. The van der Waals surface area contributed by atoms with Gasteiger partial charge in [0.2, 0.25) is 5.91 Å². The lowest BCUT2D eigenvalue weighted by Gasteiger charge is -2.48. The van der Waals surface area contributed by atoms with Gasteiger partial charge in [0.25, 0.3) is 0 Å². The highest BCUT2D eigenvalue weighted by Gasteiger charge is 2.51. The molecule has 0 spiro atoms. The predicted molar refractivity (Wildman–Crippen MR) is 125 cm³/mol. The standard InChI is InChI=1S/C26H30N2O6/c1-4-26(24(30)31)14-28(15-26)23(29)22(16(2)33-3)27-25(32)34-13-21-19-11-7-5-9-17(19)18-10-6-8-12-20(18)21/h5-12,16,21-22H,4,13-15H2,1-3H3,(H,27,32)(H,30,31). The Morgan fingerprint density at radius 2 is 1.65 bits per heavy atom. The van der Waals surface area contributed by atoms with E-state index in [1.807, 2.05) is 36.4 Å². The van der Waals surface area contributed by atoms with Gasteiger partial charge < -0.3 is 24.8 Å². The predicted octanol–water partition coefficient (Wildman–Crippen LogP) is 3.25. The second-order valence-corrected chi connectivity index (χ2v) is 9.02. The summed E-state index contributed by atoms with van der Waals surface area (Å²) in [6, 6.07) is 15.1. The number of hydrogen-bond acceptors (Lipinski definition) is 5. The fourth-order valence-electron chi connectivity index (χ4n) is 4.83. The van der Waals surface area contributed by atoms with Crippen LogP contribution < -0.4 is 5.32 Å². The van der Waals surface area contributed by atoms with Crippen LogP contribution in [0.25, 0.3) is 11.1 Å². The van der Waals surface area contributed by atoms with E-state index in [2.05, 4.69) is 17.4 Å². The Kier molecular flexibility index (Phi) is 6.61. The number of nitrogens with one attached hydrogen (secondary N) is 1. The summed E-state index contributed by atoms with van der Waals surface area (Å²) >= 11 is 0. The van der Waals surface area contributed by atoms with Crippen molar-refractivity contribution in [2.24, 2.45) is 5.41 Å². The molecule has 0 bridgehead atoms. The van der Waals surface area contributed by atoms with Gasteiger partial charge in [0.1, 0.15) is 18.1 Å². The zero-order chi connectivity index (χ0) is 24.5. The van der Waals surface area contributed by atoms with Crippen LogP contribution in [-0.2, 0) is 19.1 Å². The summed E-state index contributed by atoms with van der Waals surface area (Å²) in [5.41, 5.74) is 3.52. The molecule has 0 aromatic heterocycles. The van der Waals surface area contributed by atoms with E-state index in [1.54, 1.807) is 13.8 Å². The van der Waals surface area contributed by atoms with Crippen molar-refractivity contribution in [2.45, 2.75) is 38.3 Å². The van der Waals surface area contributed by atoms with Gasteiger partial charge in [0, 0.05) is 26.1 Å². The van der Waals surface area contributed by atoms with E-state index in [-0.39, 0.29) is 31.5 Å². The average Bonchev–Trinajstić information content (AvgIpc) is 3.13. The number of amides is 2. The number of fused-ring (bicyclic) bond motifs is 3. The van der Waals surface area contributed by atoms with Crippen molar-refractivity contribution >= 4 is 18.0 Å². The molecule has 4 rings (SSSR count). The molecule has 2 aliphatic rings. The summed E-state index contributed by atoms with van der Waals surface area (Å²) in [5.74, 6) is -1.39. The van der Waals surface area contributed by atoms with Crippen LogP contribution in [0, 0.1) is 5.41 Å². The SMILES string of the molecule is CCC1(C(=O)O)CN(C(=O)C(NC(=O)OCC2c3ccccc3-c3ccccc32)C(C)OC)C1. The Hall–Kier alpha value is -3.39. The highest BCUT2D eigenvalue weighted by atomic mass is 16.5. The molecule has 8 heteroatoms. The van der Waals surface area contributed by atoms with Crippen LogP contribution >= 0.6 is 0 Å². The lowest BCUT2D eigenvalue weighted by molar-refractivity contribution is -0.168. The highest BCUT2D eigenvalue weighted by molar-refractivity contribution is 5.89. The van der Waals surface area contributed by atoms with Gasteiger partial charge in [0.05, 0.1) is 6.10 Å². The molecular weight excluding hydrogens is 436 g/mol. The monoisotopic (exact) mass is 466 g/mol. The largest absolute Gasteiger partial charge is 0.481 e. The van der Waals surface area contributed by atoms with Crippen LogP contribution in [0.1, 0.15) is 37.3 Å². The van der Waals surface area contributed by atoms with Crippen LogP contribution in [-0.4, -0.2) is 66.9 Å². The maximum atomic E-state index is 13.1. The van der Waals surface area contributed by atoms with Crippen molar-refractivity contribution in [3.8, 4) is 11.1 Å². The van der Waals surface area contributed by atoms with Gasteiger partial charge in [0.15, 0.2) is 0 Å². The quantitative estimate of drug-likeness (QED) is 0.619. The van der Waals surface area contributed by atoms with E-state index in [4.69, 9.17) is 9.47 Å². The molecule has 34 heavy (non-hydrogen) atoms. The number of carbonyl (C=O) groups is 3. The second kappa shape index (κ2) is 9.46. The number of hydrogen-bond donors (Lipinski definition) is 2. The maximum Gasteiger partial charge on any atom is 0.407 e. The first kappa shape index (κ1) is 23.8. The van der Waals surface area contributed by atoms with Crippen molar-refractivity contribution in [3.63, 3.8) is 0 Å². The van der Waals surface area contributed by atoms with Gasteiger partial charge in [-0.05, 0) is 35.6 Å². The van der Waals surface area contributed by atoms with Crippen LogP contribution in [0.4, 0.5) is 4.79 Å². The fourth-order valence-corrected chi connectivity index (χ4v) is 4.83. The lowest BCUT2D eigenvalue weighted by Crippen LogP contribution is -2.66. The van der Waals surface area contributed by atoms with Crippen molar-refractivity contribution < 1.29 is 29.0 Å². The number of methoxy groups -OCH3 is 1. The number of alkyl carbamates (subject to hydrolysis) is 1. The average molecular weight is 467 g/mol. The number of carbonyl (C=O) groups excluding carboxylic acids is 2. The fraction of sp³-hybridized carbons (Fsp3) is 0.423. The molecule has 2 unspecified atom stereocenters. The Balaban J connectivity index is 1.42. The van der Waals surface area contributed by atoms with Crippen LogP contribution in [0.3, 0.4) is 0 Å². The van der Waals surface area contributed by atoms with Crippen molar-refractivity contribution in [1.29, 1.82) is 0 Å². The summed E-state index contributed by atoms with van der Waals surface area (Å²) < 4.78 is 10.9. The summed E-state index contributed by atoms with van der Waals surface area (Å²) in [7, 11) is 1.45. The molecule has 1 heterocycles. The van der Waals surface area contributed by atoms with E-state index in [1.165, 1.54) is 12.0 Å². The Labute approximate surface area is 198 Å². The molecule has 2 amide bonds. The summed E-state index contributed by atoms with van der Waals surface area (Å²) in [6.45, 7) is 3.81. The summed E-state index contributed by atoms with van der Waals surface area (Å²) in [5, 5.41) is 12.1. The van der Waals surface area contributed by atoms with E-state index < -0.39 is 29.6 Å². The van der Waals surface area contributed by atoms with Crippen molar-refractivity contribution in [3.05, 3.63) is 59.7 Å². The van der Waals surface area contributed by atoms with E-state index in [9.17, 15) is 19.5 Å². The minimum absolute atomic E-state index is 0.0942. The number of likely N-dealkylation sites (tertiary alicyclic amines) is 1. The van der Waals surface area contributed by atoms with Gasteiger partial charge in [-0.25, -0.2) is 4.79 Å². The molecule has 1 saturated heterocycles. The molecule has 1 fully saturated rings. The lowest BCUT2D eigenvalue weighted by atomic mass is 9.77. The molecule has 8 nitrogen and oxygen atoms in total. The van der Waals surface area contributed by atoms with Crippen LogP contribution in [0.2, 0.25) is 0 Å². The third-order valence-electron chi connectivity index (χ3n) is 7.15. The van der Waals surface area contributed by atoms with E-state index in [0.29, 0.717) is 6.42 Å². The number of carboxylic acid groups (broad SMARTS) is 1. The van der Waals surface area contributed by atoms with E-state index >= 15 is 0 Å². The molecular formula is C26H30N2O6. The van der Waals surface area contributed by atoms with Gasteiger partial charge in [-0.15, -0.1) is 0 Å². The first-order valence-electron chi connectivity index (χ1n) is 11.5. The number of rotatable bonds is 8. The minimum Gasteiger partial charge on any atom is -0.481 e. The molecule has 0 radical (unpaired) electrons. The van der Waals surface area contributed by atoms with Gasteiger partial charge in [-0.3, -0.25) is 9.59 Å². The van der Waals surface area contributed by atoms with Crippen molar-refractivity contribution in [2.75, 3.05) is 26.8 Å². The molecule has 2 atom stereocenters. The van der Waals surface area contributed by atoms with Gasteiger partial charge in [-0.2, -0.15) is 0 Å². The molecule has 1 aliphatic heterocycles. The number of benzene rings is 2. The molecule has 2 N–H and O–H groups in total. The topological polar surface area (TPSA) is 105 Å². The third kappa shape index (κ3) is 4.14. The second-order valence-electron chi connectivity index (χ2n) is 9.02. The first-order valence-corrected chi connectivity index (χ1v) is 11.5. The summed E-state index contributed by atoms with van der Waals surface area (Å²) in [4.78, 5) is 38.8. The van der Waals surface area contributed by atoms with Gasteiger partial charge >= 0.3 is 12.1 Å². The number of nitrogens with zero attached hydrogens (tertiary/aromatic N) is 1. The first-order chi connectivity index (χ1) is 16.3. The number of ether oxygens (including phenoxy) is 2. The minimum atomic E-state index is -0.982. The zero-order valence-electron chi connectivity index (χ0n) is 19.6. The normalized spacial score (nSPS) is 17.7. The molecule has 2 aromatic carbocycles. The summed E-state index contributed by atoms with van der Waals surface area (Å²) in [6.07, 6.45) is -0.907. The highest BCUT2D eigenvalue weighted by Crippen LogP contribution is 2.44. The number of carboxylic acids is 1. The molecule has 1 aliphatic carbocycles. The third-order valence-corrected chi connectivity index (χ3v) is 7.15. The van der Waals surface area contributed by atoms with Crippen LogP contribution in [0.15, 0.2) is 48.5 Å². The Morgan fingerprint density at radius 1 is 1.09 bits per heavy atom. The Morgan fingerprint density at radius 3 is 2.15 bits per heavy atom. The zero-order valence-corrected chi connectivity index (χ0v) is 19.6. The Bertz CT molecular complexity index is 1050. The van der Waals surface area contributed by atoms with Crippen molar-refractivity contribution in [1.82, 2.24) is 10.2 Å². The molecule has 0 saturated carbocycles. The smallest absolute Gasteiger partial charge is 0.407 e. The van der Waals surface area contributed by atoms with E-state index in [0.717, 1.165) is 22.3 Å². The van der Waals surface area contributed by atoms with Gasteiger partial charge in [-0.1, -0.05) is 55.5 Å². The molecule has 2 aromatic rings. The number of aliphatic carboxylic acids is 1.